The third-order valence-corrected chi connectivity index (χ3v) is 8.85. The van der Waals surface area contributed by atoms with E-state index < -0.39 is 6.29 Å². The monoisotopic (exact) mass is 563 g/mol. The van der Waals surface area contributed by atoms with Crippen LogP contribution in [0.15, 0.2) is 59.8 Å². The van der Waals surface area contributed by atoms with Crippen LogP contribution in [0, 0.1) is 5.41 Å². The van der Waals surface area contributed by atoms with Gasteiger partial charge in [-0.3, -0.25) is 10.5 Å². The minimum atomic E-state index is -0.537. The Balaban J connectivity index is 1.13. The highest BCUT2D eigenvalue weighted by Gasteiger charge is 2.38. The SMILES string of the molecule is CCOC(=O)N1CC=C(C2=CC=CN(NC(N)Nc3ccc(C(=O)N4CCCC5(CCNCC5)C4)cc3)C2C)CC1. The van der Waals surface area contributed by atoms with Crippen LogP contribution in [0.1, 0.15) is 56.3 Å². The van der Waals surface area contributed by atoms with Gasteiger partial charge in [-0.25, -0.2) is 4.79 Å². The standard InChI is InChI=1S/C31H45N7O3/c1-3-41-30(40)36-20-11-24(12-21-36)27-6-4-19-38(23(27)2)35-29(32)34-26-9-7-25(8-10-26)28(39)37-18-5-13-31(22-37)14-16-33-17-15-31/h4,6-11,19,23,29,33-35H,3,5,12-18,20-22,32H2,1-2H3. The molecule has 0 aliphatic carbocycles. The quantitative estimate of drug-likeness (QED) is 0.374. The molecule has 4 aliphatic rings. The zero-order valence-corrected chi connectivity index (χ0v) is 24.4. The zero-order valence-electron chi connectivity index (χ0n) is 24.4. The Hall–Kier alpha value is -3.34. The second-order valence-corrected chi connectivity index (χ2v) is 11.6. The van der Waals surface area contributed by atoms with Crippen LogP contribution in [0.3, 0.4) is 0 Å². The van der Waals surface area contributed by atoms with Gasteiger partial charge in [-0.05, 0) is 106 Å². The molecule has 10 nitrogen and oxygen atoms in total. The van der Waals surface area contributed by atoms with Gasteiger partial charge in [0, 0.05) is 43.6 Å². The van der Waals surface area contributed by atoms with Crippen molar-refractivity contribution in [3.05, 3.63) is 65.4 Å². The number of amides is 2. The van der Waals surface area contributed by atoms with E-state index in [1.165, 1.54) is 17.6 Å². The first-order chi connectivity index (χ1) is 19.9. The van der Waals surface area contributed by atoms with Gasteiger partial charge < -0.3 is 30.2 Å². The fourth-order valence-electron chi connectivity index (χ4n) is 6.51. The molecule has 0 saturated carbocycles. The fourth-order valence-corrected chi connectivity index (χ4v) is 6.51. The van der Waals surface area contributed by atoms with Crippen LogP contribution in [-0.2, 0) is 4.74 Å². The van der Waals surface area contributed by atoms with Crippen molar-refractivity contribution in [2.45, 2.75) is 58.3 Å². The predicted octanol–water partition coefficient (Wildman–Crippen LogP) is 3.38. The number of hydrazine groups is 1. The number of carbonyl (C=O) groups excluding carboxylic acids is 2. The Morgan fingerprint density at radius 2 is 1.93 bits per heavy atom. The number of benzene rings is 1. The molecule has 2 saturated heterocycles. The summed E-state index contributed by atoms with van der Waals surface area (Å²) in [5.74, 6) is 0.116. The minimum Gasteiger partial charge on any atom is -0.450 e. The van der Waals surface area contributed by atoms with E-state index >= 15 is 0 Å². The van der Waals surface area contributed by atoms with Gasteiger partial charge in [0.2, 0.25) is 0 Å². The lowest BCUT2D eigenvalue weighted by Crippen LogP contribution is -2.54. The lowest BCUT2D eigenvalue weighted by molar-refractivity contribution is 0.0411. The molecule has 0 aromatic heterocycles. The number of ether oxygens (including phenoxy) is 1. The van der Waals surface area contributed by atoms with Crippen LogP contribution in [0.4, 0.5) is 10.5 Å². The van der Waals surface area contributed by atoms with Crippen molar-refractivity contribution < 1.29 is 14.3 Å². The van der Waals surface area contributed by atoms with Crippen LogP contribution in [-0.4, -0.2) is 85.0 Å². The molecule has 2 amide bonds. The first kappa shape index (κ1) is 29.2. The third kappa shape index (κ3) is 6.94. The van der Waals surface area contributed by atoms with Crippen LogP contribution < -0.4 is 21.8 Å². The number of hydrogen-bond donors (Lipinski definition) is 4. The van der Waals surface area contributed by atoms with Crippen LogP contribution in [0.25, 0.3) is 0 Å². The molecule has 222 valence electrons. The number of rotatable bonds is 7. The van der Waals surface area contributed by atoms with Gasteiger partial charge in [0.25, 0.3) is 5.91 Å². The number of allylic oxidation sites excluding steroid dienone is 2. The number of piperidine rings is 2. The Morgan fingerprint density at radius 3 is 2.63 bits per heavy atom. The van der Waals surface area contributed by atoms with Crippen molar-refractivity contribution >= 4 is 17.7 Å². The predicted molar refractivity (Wildman–Crippen MR) is 161 cm³/mol. The fraction of sp³-hybridized carbons (Fsp3) is 0.548. The molecular formula is C31H45N7O3. The van der Waals surface area contributed by atoms with Gasteiger partial charge in [0.05, 0.1) is 12.6 Å². The highest BCUT2D eigenvalue weighted by Crippen LogP contribution is 2.38. The largest absolute Gasteiger partial charge is 0.450 e. The van der Waals surface area contributed by atoms with Gasteiger partial charge in [-0.15, -0.1) is 0 Å². The summed E-state index contributed by atoms with van der Waals surface area (Å²) < 4.78 is 5.13. The first-order valence-corrected chi connectivity index (χ1v) is 15.0. The van der Waals surface area contributed by atoms with Crippen LogP contribution >= 0.6 is 0 Å². The second kappa shape index (κ2) is 13.1. The number of carbonyl (C=O) groups is 2. The van der Waals surface area contributed by atoms with Gasteiger partial charge in [0.1, 0.15) is 6.29 Å². The normalized spacial score (nSPS) is 23.1. The molecule has 1 aromatic rings. The molecule has 2 unspecified atom stereocenters. The second-order valence-electron chi connectivity index (χ2n) is 11.6. The van der Waals surface area contributed by atoms with Crippen LogP contribution in [0.2, 0.25) is 0 Å². The molecule has 2 atom stereocenters. The molecule has 0 bridgehead atoms. The number of likely N-dealkylation sites (tertiary alicyclic amines) is 1. The lowest BCUT2D eigenvalue weighted by atomic mass is 9.73. The Labute approximate surface area is 243 Å². The summed E-state index contributed by atoms with van der Waals surface area (Å²) in [5.41, 5.74) is 14.0. The highest BCUT2D eigenvalue weighted by molar-refractivity contribution is 5.94. The molecule has 41 heavy (non-hydrogen) atoms. The van der Waals surface area contributed by atoms with E-state index in [2.05, 4.69) is 40.0 Å². The summed E-state index contributed by atoms with van der Waals surface area (Å²) in [6.45, 7) is 9.31. The maximum Gasteiger partial charge on any atom is 0.410 e. The molecule has 1 spiro atoms. The highest BCUT2D eigenvalue weighted by atomic mass is 16.6. The summed E-state index contributed by atoms with van der Waals surface area (Å²) in [6.07, 6.45) is 12.8. The molecule has 4 heterocycles. The van der Waals surface area contributed by atoms with Crippen molar-refractivity contribution in [2.75, 3.05) is 51.2 Å². The molecule has 5 rings (SSSR count). The average molecular weight is 564 g/mol. The molecule has 5 N–H and O–H groups in total. The van der Waals surface area contributed by atoms with Gasteiger partial charge in [-0.2, -0.15) is 5.43 Å². The third-order valence-electron chi connectivity index (χ3n) is 8.85. The van der Waals surface area contributed by atoms with Crippen molar-refractivity contribution in [3.63, 3.8) is 0 Å². The Kier molecular flexibility index (Phi) is 9.32. The molecule has 1 aromatic carbocycles. The maximum absolute atomic E-state index is 13.3. The minimum absolute atomic E-state index is 0.0565. The van der Waals surface area contributed by atoms with Crippen molar-refractivity contribution in [1.29, 1.82) is 0 Å². The van der Waals surface area contributed by atoms with Crippen molar-refractivity contribution in [2.24, 2.45) is 11.1 Å². The Morgan fingerprint density at radius 1 is 1.15 bits per heavy atom. The molecular weight excluding hydrogens is 518 g/mol. The topological polar surface area (TPSA) is 115 Å². The van der Waals surface area contributed by atoms with E-state index in [0.717, 1.165) is 57.5 Å². The first-order valence-electron chi connectivity index (χ1n) is 15.0. The van der Waals surface area contributed by atoms with Gasteiger partial charge in [-0.1, -0.05) is 12.2 Å². The van der Waals surface area contributed by atoms with E-state index in [-0.39, 0.29) is 23.5 Å². The summed E-state index contributed by atoms with van der Waals surface area (Å²) in [7, 11) is 0. The molecule has 0 radical (unpaired) electrons. The number of hydrogen-bond acceptors (Lipinski definition) is 8. The van der Waals surface area contributed by atoms with Gasteiger partial charge >= 0.3 is 6.09 Å². The summed E-state index contributed by atoms with van der Waals surface area (Å²) in [5, 5.41) is 8.74. The van der Waals surface area contributed by atoms with Crippen molar-refractivity contribution in [3.8, 4) is 0 Å². The zero-order chi connectivity index (χ0) is 28.8. The number of nitrogens with one attached hydrogen (secondary N) is 3. The number of nitrogens with zero attached hydrogens (tertiary/aromatic N) is 3. The molecule has 4 aliphatic heterocycles. The van der Waals surface area contributed by atoms with E-state index in [0.29, 0.717) is 25.3 Å². The van der Waals surface area contributed by atoms with E-state index in [1.807, 2.05) is 48.5 Å². The summed E-state index contributed by atoms with van der Waals surface area (Å²) >= 11 is 0. The average Bonchev–Trinajstić information content (AvgIpc) is 2.99. The Bertz CT molecular complexity index is 1170. The lowest BCUT2D eigenvalue weighted by Gasteiger charge is -2.45. The van der Waals surface area contributed by atoms with Gasteiger partial charge in [0.15, 0.2) is 0 Å². The van der Waals surface area contributed by atoms with E-state index in [9.17, 15) is 9.59 Å². The summed E-state index contributed by atoms with van der Waals surface area (Å²) in [6, 6.07) is 7.67. The van der Waals surface area contributed by atoms with E-state index in [4.69, 9.17) is 10.5 Å². The number of anilines is 1. The molecule has 2 fully saturated rings. The summed E-state index contributed by atoms with van der Waals surface area (Å²) in [4.78, 5) is 29.1. The molecule has 10 heteroatoms. The maximum atomic E-state index is 13.3. The number of nitrogens with two attached hydrogens (primary N) is 1. The van der Waals surface area contributed by atoms with Crippen molar-refractivity contribution in [1.82, 2.24) is 25.6 Å². The van der Waals surface area contributed by atoms with Crippen LogP contribution in [0.5, 0.6) is 0 Å². The smallest absolute Gasteiger partial charge is 0.410 e. The van der Waals surface area contributed by atoms with E-state index in [1.54, 1.807) is 4.90 Å².